The zero-order valence-electron chi connectivity index (χ0n) is 18.1. The lowest BCUT2D eigenvalue weighted by molar-refractivity contribution is 0.0696. The maximum Gasteiger partial charge on any atom is 0.335 e. The Balaban J connectivity index is 1.58. The Bertz CT molecular complexity index is 1370. The summed E-state index contributed by atoms with van der Waals surface area (Å²) < 4.78 is 19.9. The van der Waals surface area contributed by atoms with Gasteiger partial charge in [-0.15, -0.1) is 0 Å². The van der Waals surface area contributed by atoms with Crippen molar-refractivity contribution >= 4 is 29.0 Å². The van der Waals surface area contributed by atoms with E-state index in [1.165, 1.54) is 12.1 Å². The van der Waals surface area contributed by atoms with Crippen LogP contribution < -0.4 is 10.2 Å². The highest BCUT2D eigenvalue weighted by molar-refractivity contribution is 7.80. The molecule has 1 aliphatic heterocycles. The van der Waals surface area contributed by atoms with E-state index in [4.69, 9.17) is 16.6 Å². The molecule has 170 valence electrons. The molecule has 0 bridgehead atoms. The molecule has 6 nitrogen and oxygen atoms in total. The van der Waals surface area contributed by atoms with Crippen LogP contribution in [0.4, 0.5) is 10.1 Å². The van der Waals surface area contributed by atoms with Gasteiger partial charge in [-0.05, 0) is 85.4 Å². The molecule has 2 aromatic carbocycles. The Morgan fingerprint density at radius 1 is 1.12 bits per heavy atom. The Labute approximate surface area is 200 Å². The maximum absolute atomic E-state index is 13.6. The lowest BCUT2D eigenvalue weighted by Crippen LogP contribution is -2.29. The molecule has 3 heterocycles. The van der Waals surface area contributed by atoms with Crippen LogP contribution in [-0.4, -0.2) is 21.2 Å². The topological polar surface area (TPSA) is 78.6 Å². The van der Waals surface area contributed by atoms with E-state index in [0.29, 0.717) is 16.6 Å². The second-order valence-electron chi connectivity index (χ2n) is 8.01. The molecule has 0 saturated carbocycles. The number of furan rings is 1. The Hall–Kier alpha value is -4.04. The number of benzene rings is 2. The van der Waals surface area contributed by atoms with Crippen LogP contribution in [0, 0.1) is 12.7 Å². The number of anilines is 1. The van der Waals surface area contributed by atoms with Crippen LogP contribution in [0.2, 0.25) is 0 Å². The molecule has 1 saturated heterocycles. The summed E-state index contributed by atoms with van der Waals surface area (Å²) in [6.45, 7) is 1.84. The van der Waals surface area contributed by atoms with Crippen molar-refractivity contribution < 1.29 is 18.7 Å². The highest BCUT2D eigenvalue weighted by Crippen LogP contribution is 2.43. The normalized spacial score (nSPS) is 17.6. The van der Waals surface area contributed by atoms with Crippen molar-refractivity contribution in [1.82, 2.24) is 10.3 Å². The molecule has 2 atom stereocenters. The van der Waals surface area contributed by atoms with E-state index in [0.717, 1.165) is 22.5 Å². The molecule has 0 amide bonds. The number of halogens is 1. The second kappa shape index (κ2) is 8.72. The standard InChI is InChI=1S/C26H20FN3O3S/c1-15-14-16(25(31)32)5-10-19(15)21-11-12-22(33-21)24-23(20-4-2-3-13-28-20)29-26(34)30(24)18-8-6-17(27)7-9-18/h2-14,23-24H,1H3,(H,29,34)(H,31,32)/t23-,24-/m1/s1. The van der Waals surface area contributed by atoms with Gasteiger partial charge >= 0.3 is 5.97 Å². The molecule has 34 heavy (non-hydrogen) atoms. The van der Waals surface area contributed by atoms with Gasteiger partial charge < -0.3 is 19.7 Å². The maximum atomic E-state index is 13.6. The van der Waals surface area contributed by atoms with Crippen LogP contribution in [0.5, 0.6) is 0 Å². The summed E-state index contributed by atoms with van der Waals surface area (Å²) in [5, 5.41) is 13.1. The molecule has 0 unspecified atom stereocenters. The first-order valence-corrected chi connectivity index (χ1v) is 11.0. The quantitative estimate of drug-likeness (QED) is 0.362. The average Bonchev–Trinajstić information content (AvgIpc) is 3.44. The van der Waals surface area contributed by atoms with Crippen LogP contribution in [-0.2, 0) is 0 Å². The third-order valence-electron chi connectivity index (χ3n) is 5.86. The van der Waals surface area contributed by atoms with E-state index in [2.05, 4.69) is 10.3 Å². The van der Waals surface area contributed by atoms with Gasteiger partial charge in [-0.3, -0.25) is 4.98 Å². The molecule has 1 aliphatic rings. The highest BCUT2D eigenvalue weighted by Gasteiger charge is 2.42. The van der Waals surface area contributed by atoms with E-state index in [-0.39, 0.29) is 23.5 Å². The number of carboxylic acid groups (broad SMARTS) is 1. The molecule has 8 heteroatoms. The molecule has 1 fully saturated rings. The summed E-state index contributed by atoms with van der Waals surface area (Å²) in [5.41, 5.74) is 3.32. The molecule has 4 aromatic rings. The van der Waals surface area contributed by atoms with Crippen LogP contribution in [0.3, 0.4) is 0 Å². The minimum absolute atomic E-state index is 0.219. The first-order valence-electron chi connectivity index (χ1n) is 10.6. The van der Waals surface area contributed by atoms with Gasteiger partial charge in [0.15, 0.2) is 5.11 Å². The van der Waals surface area contributed by atoms with Crippen molar-refractivity contribution in [1.29, 1.82) is 0 Å². The van der Waals surface area contributed by atoms with Crippen molar-refractivity contribution in [3.63, 3.8) is 0 Å². The summed E-state index contributed by atoms with van der Waals surface area (Å²) in [6, 6.07) is 19.8. The third-order valence-corrected chi connectivity index (χ3v) is 6.17. The van der Waals surface area contributed by atoms with Gasteiger partial charge in [0, 0.05) is 17.4 Å². The summed E-state index contributed by atoms with van der Waals surface area (Å²) in [5.74, 6) is -0.0567. The predicted octanol–water partition coefficient (Wildman–Crippen LogP) is 5.66. The first kappa shape index (κ1) is 21.8. The van der Waals surface area contributed by atoms with E-state index >= 15 is 0 Å². The number of carboxylic acids is 1. The lowest BCUT2D eigenvalue weighted by atomic mass is 10.0. The number of rotatable bonds is 5. The molecule has 0 aliphatic carbocycles. The van der Waals surface area contributed by atoms with Crippen LogP contribution in [0.15, 0.2) is 83.4 Å². The number of nitrogens with one attached hydrogen (secondary N) is 1. The van der Waals surface area contributed by atoms with Gasteiger partial charge in [-0.25, -0.2) is 9.18 Å². The fourth-order valence-electron chi connectivity index (χ4n) is 4.25. The number of aromatic nitrogens is 1. The van der Waals surface area contributed by atoms with Gasteiger partial charge in [0.25, 0.3) is 0 Å². The van der Waals surface area contributed by atoms with Crippen molar-refractivity contribution in [2.75, 3.05) is 4.90 Å². The minimum Gasteiger partial charge on any atom is -0.478 e. The SMILES string of the molecule is Cc1cc(C(=O)O)ccc1-c1ccc([C@@H]2[C@@H](c3ccccn3)NC(=S)N2c2ccc(F)cc2)o1. The van der Waals surface area contributed by atoms with E-state index in [1.807, 2.05) is 42.2 Å². The fraction of sp³-hybridized carbons (Fsp3) is 0.115. The second-order valence-corrected chi connectivity index (χ2v) is 8.40. The van der Waals surface area contributed by atoms with E-state index in [1.54, 1.807) is 36.5 Å². The van der Waals surface area contributed by atoms with Crippen LogP contribution in [0.25, 0.3) is 11.3 Å². The van der Waals surface area contributed by atoms with Crippen molar-refractivity contribution in [2.45, 2.75) is 19.0 Å². The molecule has 0 spiro atoms. The van der Waals surface area contributed by atoms with Crippen LogP contribution >= 0.6 is 12.2 Å². The van der Waals surface area contributed by atoms with Gasteiger partial charge in [0.2, 0.25) is 0 Å². The van der Waals surface area contributed by atoms with E-state index < -0.39 is 5.97 Å². The average molecular weight is 474 g/mol. The van der Waals surface area contributed by atoms with Gasteiger partial charge in [-0.1, -0.05) is 12.1 Å². The number of pyridine rings is 1. The molecular formula is C26H20FN3O3S. The summed E-state index contributed by atoms with van der Waals surface area (Å²) >= 11 is 5.67. The number of thiocarbonyl (C=S) groups is 1. The zero-order valence-corrected chi connectivity index (χ0v) is 18.9. The van der Waals surface area contributed by atoms with Gasteiger partial charge in [0.1, 0.15) is 23.4 Å². The zero-order chi connectivity index (χ0) is 23.8. The monoisotopic (exact) mass is 473 g/mol. The van der Waals surface area contributed by atoms with Crippen molar-refractivity contribution in [3.8, 4) is 11.3 Å². The summed E-state index contributed by atoms with van der Waals surface area (Å²) in [7, 11) is 0. The highest BCUT2D eigenvalue weighted by atomic mass is 32.1. The molecular weight excluding hydrogens is 453 g/mol. The molecule has 5 rings (SSSR count). The first-order chi connectivity index (χ1) is 16.4. The molecule has 2 N–H and O–H groups in total. The molecule has 2 aromatic heterocycles. The fourth-order valence-corrected chi connectivity index (χ4v) is 4.60. The third kappa shape index (κ3) is 3.92. The predicted molar refractivity (Wildman–Crippen MR) is 130 cm³/mol. The molecule has 0 radical (unpaired) electrons. The number of carbonyl (C=O) groups is 1. The number of nitrogens with zero attached hydrogens (tertiary/aromatic N) is 2. The van der Waals surface area contributed by atoms with Gasteiger partial charge in [-0.2, -0.15) is 0 Å². The summed E-state index contributed by atoms with van der Waals surface area (Å²) in [6.07, 6.45) is 1.72. The number of aryl methyl sites for hydroxylation is 1. The number of aromatic carboxylic acids is 1. The van der Waals surface area contributed by atoms with Crippen LogP contribution in [0.1, 0.15) is 39.5 Å². The summed E-state index contributed by atoms with van der Waals surface area (Å²) in [4.78, 5) is 17.7. The number of hydrogen-bond acceptors (Lipinski definition) is 4. The van der Waals surface area contributed by atoms with Gasteiger partial charge in [0.05, 0.1) is 17.3 Å². The Kier molecular flexibility index (Phi) is 5.59. The Morgan fingerprint density at radius 2 is 1.91 bits per heavy atom. The lowest BCUT2D eigenvalue weighted by Gasteiger charge is -2.26. The smallest absolute Gasteiger partial charge is 0.335 e. The van der Waals surface area contributed by atoms with Crippen molar-refractivity contribution in [2.24, 2.45) is 0 Å². The number of hydrogen-bond donors (Lipinski definition) is 2. The largest absolute Gasteiger partial charge is 0.478 e. The van der Waals surface area contributed by atoms with E-state index in [9.17, 15) is 14.3 Å². The van der Waals surface area contributed by atoms with Crippen molar-refractivity contribution in [3.05, 3.63) is 107 Å². The minimum atomic E-state index is -0.978. The Morgan fingerprint density at radius 3 is 2.59 bits per heavy atom.